The molecule has 3 heterocycles. The van der Waals surface area contributed by atoms with E-state index in [0.717, 1.165) is 23.1 Å². The Morgan fingerprint density at radius 1 is 1.29 bits per heavy atom. The zero-order chi connectivity index (χ0) is 22.0. The Labute approximate surface area is 189 Å². The lowest BCUT2D eigenvalue weighted by atomic mass is 10.1. The summed E-state index contributed by atoms with van der Waals surface area (Å²) in [6, 6.07) is 3.66. The number of anilines is 1. The van der Waals surface area contributed by atoms with Gasteiger partial charge in [0.2, 0.25) is 0 Å². The largest absolute Gasteiger partial charge is 0.462 e. The molecule has 1 aliphatic rings. The van der Waals surface area contributed by atoms with E-state index in [1.54, 1.807) is 25.2 Å². The second kappa shape index (κ2) is 9.20. The van der Waals surface area contributed by atoms with Crippen LogP contribution in [0.25, 0.3) is 10.2 Å². The Morgan fingerprint density at radius 3 is 2.87 bits per heavy atom. The van der Waals surface area contributed by atoms with Gasteiger partial charge in [-0.05, 0) is 51.2 Å². The Kier molecular flexibility index (Phi) is 6.39. The molecule has 0 bridgehead atoms. The van der Waals surface area contributed by atoms with Gasteiger partial charge >= 0.3 is 5.97 Å². The standard InChI is InChI=1S/C22H23N5O2S2/c1-3-29-22(28)15-9-13(10-23)20(25-12(15)2)30-11-17-26-19(24)18-14-7-5-4-6-8-16(14)31-21(18)27-17/h9H,3-8,11H2,1-2H3,(H2,24,26,27). The van der Waals surface area contributed by atoms with Gasteiger partial charge < -0.3 is 10.5 Å². The third-order valence-corrected chi connectivity index (χ3v) is 7.44. The molecule has 1 aliphatic carbocycles. The van der Waals surface area contributed by atoms with Crippen molar-refractivity contribution < 1.29 is 9.53 Å². The molecule has 31 heavy (non-hydrogen) atoms. The molecule has 0 amide bonds. The lowest BCUT2D eigenvalue weighted by Crippen LogP contribution is -2.09. The Balaban J connectivity index is 1.60. The first-order valence-corrected chi connectivity index (χ1v) is 12.1. The van der Waals surface area contributed by atoms with Crippen LogP contribution in [0.4, 0.5) is 5.82 Å². The number of nitrogen functional groups attached to an aromatic ring is 1. The molecule has 3 aromatic rings. The average molecular weight is 454 g/mol. The summed E-state index contributed by atoms with van der Waals surface area (Å²) in [7, 11) is 0. The van der Waals surface area contributed by atoms with Crippen LogP contribution in [-0.2, 0) is 23.3 Å². The predicted octanol–water partition coefficient (Wildman–Crippen LogP) is 4.59. The number of thioether (sulfide) groups is 1. The topological polar surface area (TPSA) is 115 Å². The number of nitrogens with two attached hydrogens (primary N) is 1. The third-order valence-electron chi connectivity index (χ3n) is 5.27. The van der Waals surface area contributed by atoms with Crippen molar-refractivity contribution in [1.29, 1.82) is 5.26 Å². The summed E-state index contributed by atoms with van der Waals surface area (Å²) in [6.45, 7) is 3.74. The summed E-state index contributed by atoms with van der Waals surface area (Å²) >= 11 is 3.09. The molecule has 0 atom stereocenters. The molecule has 0 unspecified atom stereocenters. The Bertz CT molecular complexity index is 1200. The highest BCUT2D eigenvalue weighted by Gasteiger charge is 2.20. The molecule has 0 spiro atoms. The summed E-state index contributed by atoms with van der Waals surface area (Å²) in [5.41, 5.74) is 8.83. The number of aryl methyl sites for hydroxylation is 3. The maximum absolute atomic E-state index is 12.1. The van der Waals surface area contributed by atoms with E-state index in [1.807, 2.05) is 0 Å². The zero-order valence-electron chi connectivity index (χ0n) is 17.5. The zero-order valence-corrected chi connectivity index (χ0v) is 19.2. The van der Waals surface area contributed by atoms with E-state index in [-0.39, 0.29) is 6.61 Å². The van der Waals surface area contributed by atoms with Crippen molar-refractivity contribution in [3.63, 3.8) is 0 Å². The number of pyridine rings is 1. The van der Waals surface area contributed by atoms with Crippen molar-refractivity contribution in [1.82, 2.24) is 15.0 Å². The summed E-state index contributed by atoms with van der Waals surface area (Å²) in [6.07, 6.45) is 5.76. The molecule has 0 saturated carbocycles. The minimum Gasteiger partial charge on any atom is -0.462 e. The van der Waals surface area contributed by atoms with Gasteiger partial charge in [-0.1, -0.05) is 18.2 Å². The average Bonchev–Trinajstić information content (AvgIpc) is 2.94. The van der Waals surface area contributed by atoms with Gasteiger partial charge in [-0.3, -0.25) is 0 Å². The Morgan fingerprint density at radius 2 is 2.10 bits per heavy atom. The SMILES string of the molecule is CCOC(=O)c1cc(C#N)c(SCc2nc(N)c3c4c(sc3n2)CCCCC4)nc1C. The quantitative estimate of drug-likeness (QED) is 0.339. The molecule has 4 rings (SSSR count). The van der Waals surface area contributed by atoms with Crippen LogP contribution < -0.4 is 5.73 Å². The number of hydrogen-bond donors (Lipinski definition) is 1. The van der Waals surface area contributed by atoms with Crippen LogP contribution in [0.3, 0.4) is 0 Å². The van der Waals surface area contributed by atoms with E-state index in [9.17, 15) is 10.1 Å². The Hall–Kier alpha value is -2.70. The van der Waals surface area contributed by atoms with Crippen molar-refractivity contribution in [2.45, 2.75) is 56.7 Å². The van der Waals surface area contributed by atoms with Crippen LogP contribution in [-0.4, -0.2) is 27.5 Å². The minimum absolute atomic E-state index is 0.268. The molecule has 0 radical (unpaired) electrons. The third kappa shape index (κ3) is 4.36. The van der Waals surface area contributed by atoms with E-state index in [0.29, 0.717) is 39.2 Å². The number of esters is 1. The maximum atomic E-state index is 12.1. The second-order valence-electron chi connectivity index (χ2n) is 7.36. The molecular formula is C22H23N5O2S2. The molecule has 2 N–H and O–H groups in total. The van der Waals surface area contributed by atoms with Crippen LogP contribution >= 0.6 is 23.1 Å². The maximum Gasteiger partial charge on any atom is 0.340 e. The molecule has 0 fully saturated rings. The van der Waals surface area contributed by atoms with Gasteiger partial charge in [-0.25, -0.2) is 19.7 Å². The molecular weight excluding hydrogens is 430 g/mol. The van der Waals surface area contributed by atoms with Gasteiger partial charge in [-0.15, -0.1) is 11.3 Å². The highest BCUT2D eigenvalue weighted by molar-refractivity contribution is 7.98. The van der Waals surface area contributed by atoms with E-state index in [2.05, 4.69) is 16.0 Å². The fourth-order valence-electron chi connectivity index (χ4n) is 3.79. The number of rotatable bonds is 5. The second-order valence-corrected chi connectivity index (χ2v) is 9.41. The number of nitriles is 1. The normalized spacial score (nSPS) is 13.5. The summed E-state index contributed by atoms with van der Waals surface area (Å²) in [4.78, 5) is 28.2. The van der Waals surface area contributed by atoms with Crippen LogP contribution in [0.1, 0.15) is 64.1 Å². The molecule has 0 saturated heterocycles. The number of fused-ring (bicyclic) bond motifs is 3. The lowest BCUT2D eigenvalue weighted by molar-refractivity contribution is 0.0524. The van der Waals surface area contributed by atoms with Crippen LogP contribution in [0, 0.1) is 18.3 Å². The summed E-state index contributed by atoms with van der Waals surface area (Å²) in [5, 5.41) is 11.1. The highest BCUT2D eigenvalue weighted by Crippen LogP contribution is 2.37. The highest BCUT2D eigenvalue weighted by atomic mass is 32.2. The van der Waals surface area contributed by atoms with E-state index in [1.165, 1.54) is 47.5 Å². The number of thiophene rings is 1. The van der Waals surface area contributed by atoms with Crippen molar-refractivity contribution in [2.24, 2.45) is 0 Å². The fraction of sp³-hybridized carbons (Fsp3) is 0.409. The number of ether oxygens (including phenoxy) is 1. The fourth-order valence-corrected chi connectivity index (χ4v) is 5.94. The molecule has 7 nitrogen and oxygen atoms in total. The first kappa shape index (κ1) is 21.5. The van der Waals surface area contributed by atoms with Gasteiger partial charge in [0, 0.05) is 4.88 Å². The molecule has 0 aromatic carbocycles. The van der Waals surface area contributed by atoms with E-state index >= 15 is 0 Å². The van der Waals surface area contributed by atoms with Gasteiger partial charge in [0.1, 0.15) is 27.6 Å². The van der Waals surface area contributed by atoms with Gasteiger partial charge in [0.15, 0.2) is 0 Å². The monoisotopic (exact) mass is 453 g/mol. The first-order chi connectivity index (χ1) is 15.0. The molecule has 0 aliphatic heterocycles. The van der Waals surface area contributed by atoms with Crippen molar-refractivity contribution >= 4 is 45.1 Å². The number of carbonyl (C=O) groups is 1. The van der Waals surface area contributed by atoms with Crippen LogP contribution in [0.2, 0.25) is 0 Å². The van der Waals surface area contributed by atoms with Crippen molar-refractivity contribution in [3.05, 3.63) is 39.2 Å². The number of hydrogen-bond acceptors (Lipinski definition) is 9. The summed E-state index contributed by atoms with van der Waals surface area (Å²) < 4.78 is 5.05. The van der Waals surface area contributed by atoms with Crippen molar-refractivity contribution in [3.8, 4) is 6.07 Å². The van der Waals surface area contributed by atoms with Crippen LogP contribution in [0.5, 0.6) is 0 Å². The lowest BCUT2D eigenvalue weighted by Gasteiger charge is -2.09. The van der Waals surface area contributed by atoms with E-state index in [4.69, 9.17) is 15.5 Å². The molecule has 9 heteroatoms. The number of carbonyl (C=O) groups excluding carboxylic acids is 1. The minimum atomic E-state index is -0.473. The van der Waals surface area contributed by atoms with Gasteiger partial charge in [0.25, 0.3) is 0 Å². The van der Waals surface area contributed by atoms with Gasteiger partial charge in [0.05, 0.1) is 34.6 Å². The summed E-state index contributed by atoms with van der Waals surface area (Å²) in [5.74, 6) is 1.11. The smallest absolute Gasteiger partial charge is 0.340 e. The van der Waals surface area contributed by atoms with E-state index < -0.39 is 5.97 Å². The number of nitrogens with zero attached hydrogens (tertiary/aromatic N) is 4. The molecule has 3 aromatic heterocycles. The van der Waals surface area contributed by atoms with Crippen LogP contribution in [0.15, 0.2) is 11.1 Å². The van der Waals surface area contributed by atoms with Crippen molar-refractivity contribution in [2.75, 3.05) is 12.3 Å². The number of aromatic nitrogens is 3. The predicted molar refractivity (Wildman–Crippen MR) is 122 cm³/mol. The van der Waals surface area contributed by atoms with Gasteiger partial charge in [-0.2, -0.15) is 5.26 Å². The molecule has 160 valence electrons. The first-order valence-electron chi connectivity index (χ1n) is 10.3.